The van der Waals surface area contributed by atoms with Gasteiger partial charge in [0.25, 0.3) is 0 Å². The fourth-order valence-electron chi connectivity index (χ4n) is 1.99. The van der Waals surface area contributed by atoms with Crippen LogP contribution in [0.1, 0.15) is 10.9 Å². The van der Waals surface area contributed by atoms with Crippen LogP contribution in [0.15, 0.2) is 52.7 Å². The van der Waals surface area contributed by atoms with Crippen LogP contribution in [0.25, 0.3) is 0 Å². The molecule has 8 heteroatoms. The molecule has 0 spiro atoms. The van der Waals surface area contributed by atoms with Crippen LogP contribution in [-0.4, -0.2) is 40.1 Å². The predicted octanol–water partition coefficient (Wildman–Crippen LogP) is 1.83. The Hall–Kier alpha value is -1.74. The van der Waals surface area contributed by atoms with Gasteiger partial charge in [-0.3, -0.25) is 4.79 Å². The molecule has 1 amide bonds. The van der Waals surface area contributed by atoms with Crippen molar-refractivity contribution in [3.8, 4) is 0 Å². The zero-order valence-corrected chi connectivity index (χ0v) is 14.4. The number of carbonyl (C=O) groups is 1. The van der Waals surface area contributed by atoms with Crippen LogP contribution >= 0.6 is 11.3 Å². The Labute approximate surface area is 139 Å². The van der Waals surface area contributed by atoms with Gasteiger partial charge >= 0.3 is 0 Å². The Balaban J connectivity index is 2.31. The summed E-state index contributed by atoms with van der Waals surface area (Å²) in [5.41, 5.74) is 0. The van der Waals surface area contributed by atoms with E-state index in [1.807, 2.05) is 0 Å². The molecule has 1 unspecified atom stereocenters. The van der Waals surface area contributed by atoms with Crippen molar-refractivity contribution < 1.29 is 17.9 Å². The molecule has 1 heterocycles. The molecule has 0 saturated heterocycles. The number of methoxy groups -OCH3 is 1. The number of amides is 1. The molecule has 6 nitrogen and oxygen atoms in total. The zero-order valence-electron chi connectivity index (χ0n) is 12.8. The van der Waals surface area contributed by atoms with Gasteiger partial charge in [0.05, 0.1) is 4.90 Å². The highest BCUT2D eigenvalue weighted by molar-refractivity contribution is 7.89. The van der Waals surface area contributed by atoms with Crippen molar-refractivity contribution in [1.29, 1.82) is 0 Å². The largest absolute Gasteiger partial charge is 0.364 e. The number of likely N-dealkylation sites (N-methyl/N-ethyl adjacent to an activating group) is 1. The van der Waals surface area contributed by atoms with Crippen molar-refractivity contribution in [3.63, 3.8) is 0 Å². The lowest BCUT2D eigenvalue weighted by Gasteiger charge is -2.23. The van der Waals surface area contributed by atoms with Gasteiger partial charge in [0.1, 0.15) is 12.8 Å². The van der Waals surface area contributed by atoms with Gasteiger partial charge in [-0.2, -0.15) is 4.72 Å². The van der Waals surface area contributed by atoms with Crippen molar-refractivity contribution in [2.75, 3.05) is 20.9 Å². The highest BCUT2D eigenvalue weighted by atomic mass is 32.2. The van der Waals surface area contributed by atoms with E-state index in [4.69, 9.17) is 4.74 Å². The highest BCUT2D eigenvalue weighted by Gasteiger charge is 2.30. The Morgan fingerprint density at radius 3 is 2.52 bits per heavy atom. The Kier molecular flexibility index (Phi) is 5.89. The summed E-state index contributed by atoms with van der Waals surface area (Å²) in [6.07, 6.45) is 0. The minimum absolute atomic E-state index is 0.0772. The average molecular weight is 354 g/mol. The summed E-state index contributed by atoms with van der Waals surface area (Å²) < 4.78 is 32.5. The summed E-state index contributed by atoms with van der Waals surface area (Å²) in [7, 11) is -0.782. The Bertz CT molecular complexity index is 730. The summed E-state index contributed by atoms with van der Waals surface area (Å²) in [5.74, 6) is -0.381. The lowest BCUT2D eigenvalue weighted by molar-refractivity contribution is -0.135. The van der Waals surface area contributed by atoms with E-state index in [0.29, 0.717) is 4.88 Å². The van der Waals surface area contributed by atoms with Gasteiger partial charge in [-0.25, -0.2) is 8.42 Å². The third-order valence-electron chi connectivity index (χ3n) is 3.10. The molecule has 0 radical (unpaired) electrons. The molecule has 1 aromatic carbocycles. The van der Waals surface area contributed by atoms with E-state index in [1.165, 1.54) is 35.5 Å². The first-order valence-corrected chi connectivity index (χ1v) is 9.16. The van der Waals surface area contributed by atoms with Crippen molar-refractivity contribution in [1.82, 2.24) is 9.62 Å². The van der Waals surface area contributed by atoms with Gasteiger partial charge in [0.2, 0.25) is 15.9 Å². The molecule has 0 aliphatic carbocycles. The summed E-state index contributed by atoms with van der Waals surface area (Å²) in [6, 6.07) is 10.5. The second kappa shape index (κ2) is 7.69. The van der Waals surface area contributed by atoms with E-state index in [2.05, 4.69) is 4.72 Å². The maximum absolute atomic E-state index is 12.6. The summed E-state index contributed by atoms with van der Waals surface area (Å²) in [5, 5.41) is 1.79. The number of carbonyl (C=O) groups excluding carboxylic acids is 1. The predicted molar refractivity (Wildman–Crippen MR) is 88.5 cm³/mol. The lowest BCUT2D eigenvalue weighted by Crippen LogP contribution is -2.41. The molecular formula is C15H18N2O4S2. The SMILES string of the molecule is COCN(C)C(=O)C(NS(=O)(=O)c1ccccc1)c1cccs1. The van der Waals surface area contributed by atoms with Gasteiger partial charge in [-0.05, 0) is 23.6 Å². The van der Waals surface area contributed by atoms with E-state index in [0.717, 1.165) is 0 Å². The number of nitrogens with zero attached hydrogens (tertiary/aromatic N) is 1. The summed E-state index contributed by atoms with van der Waals surface area (Å²) in [6.45, 7) is 0.0772. The average Bonchev–Trinajstić information content (AvgIpc) is 3.07. The first-order valence-electron chi connectivity index (χ1n) is 6.80. The molecule has 0 aliphatic heterocycles. The molecular weight excluding hydrogens is 336 g/mol. The third kappa shape index (κ3) is 4.38. The second-order valence-corrected chi connectivity index (χ2v) is 7.53. The maximum atomic E-state index is 12.6. The number of ether oxygens (including phenoxy) is 1. The zero-order chi connectivity index (χ0) is 16.9. The van der Waals surface area contributed by atoms with E-state index in [-0.39, 0.29) is 17.5 Å². The Morgan fingerprint density at radius 2 is 1.96 bits per heavy atom. The molecule has 0 aliphatic rings. The monoisotopic (exact) mass is 354 g/mol. The second-order valence-electron chi connectivity index (χ2n) is 4.84. The summed E-state index contributed by atoms with van der Waals surface area (Å²) >= 11 is 1.32. The molecule has 2 rings (SSSR count). The van der Waals surface area contributed by atoms with Crippen LogP contribution in [0, 0.1) is 0 Å². The van der Waals surface area contributed by atoms with Gasteiger partial charge in [-0.15, -0.1) is 11.3 Å². The fourth-order valence-corrected chi connectivity index (χ4v) is 4.02. The molecule has 1 atom stereocenters. The van der Waals surface area contributed by atoms with Crippen LogP contribution in [0.2, 0.25) is 0 Å². The summed E-state index contributed by atoms with van der Waals surface area (Å²) in [4.78, 5) is 14.6. The van der Waals surface area contributed by atoms with E-state index >= 15 is 0 Å². The minimum Gasteiger partial charge on any atom is -0.364 e. The molecule has 2 aromatic rings. The van der Waals surface area contributed by atoms with Crippen molar-refractivity contribution in [2.45, 2.75) is 10.9 Å². The smallest absolute Gasteiger partial charge is 0.247 e. The minimum atomic E-state index is -3.81. The normalized spacial score (nSPS) is 12.8. The number of thiophene rings is 1. The first-order chi connectivity index (χ1) is 11.0. The molecule has 1 aromatic heterocycles. The molecule has 0 fully saturated rings. The van der Waals surface area contributed by atoms with Crippen molar-refractivity contribution >= 4 is 27.3 Å². The van der Waals surface area contributed by atoms with E-state index in [1.54, 1.807) is 42.8 Å². The van der Waals surface area contributed by atoms with Gasteiger partial charge in [-0.1, -0.05) is 24.3 Å². The Morgan fingerprint density at radius 1 is 1.26 bits per heavy atom. The number of hydrogen-bond donors (Lipinski definition) is 1. The van der Waals surface area contributed by atoms with Gasteiger partial charge in [0.15, 0.2) is 0 Å². The van der Waals surface area contributed by atoms with Crippen LogP contribution < -0.4 is 4.72 Å². The van der Waals surface area contributed by atoms with Crippen molar-refractivity contribution in [3.05, 3.63) is 52.7 Å². The number of benzene rings is 1. The lowest BCUT2D eigenvalue weighted by atomic mass is 10.2. The number of nitrogens with one attached hydrogen (secondary N) is 1. The van der Waals surface area contributed by atoms with Crippen LogP contribution in [0.3, 0.4) is 0 Å². The third-order valence-corrected chi connectivity index (χ3v) is 5.48. The van der Waals surface area contributed by atoms with Crippen LogP contribution in [-0.2, 0) is 19.6 Å². The number of hydrogen-bond acceptors (Lipinski definition) is 5. The van der Waals surface area contributed by atoms with Crippen LogP contribution in [0.4, 0.5) is 0 Å². The first kappa shape index (κ1) is 17.6. The van der Waals surface area contributed by atoms with Crippen molar-refractivity contribution in [2.24, 2.45) is 0 Å². The molecule has 0 saturated carbocycles. The number of rotatable bonds is 7. The maximum Gasteiger partial charge on any atom is 0.247 e. The van der Waals surface area contributed by atoms with Gasteiger partial charge < -0.3 is 9.64 Å². The van der Waals surface area contributed by atoms with E-state index < -0.39 is 16.1 Å². The quantitative estimate of drug-likeness (QED) is 0.770. The molecule has 0 bridgehead atoms. The number of sulfonamides is 1. The molecule has 124 valence electrons. The van der Waals surface area contributed by atoms with Crippen LogP contribution in [0.5, 0.6) is 0 Å². The standard InChI is InChI=1S/C15H18N2O4S2/c1-17(11-21-2)15(18)14(13-9-6-10-22-13)16-23(19,20)12-7-4-3-5-8-12/h3-10,14,16H,11H2,1-2H3. The topological polar surface area (TPSA) is 75.7 Å². The van der Waals surface area contributed by atoms with Gasteiger partial charge in [0, 0.05) is 19.0 Å². The highest BCUT2D eigenvalue weighted by Crippen LogP contribution is 2.23. The molecule has 23 heavy (non-hydrogen) atoms. The fraction of sp³-hybridized carbons (Fsp3) is 0.267. The van der Waals surface area contributed by atoms with E-state index in [9.17, 15) is 13.2 Å². The molecule has 1 N–H and O–H groups in total.